The minimum atomic E-state index is -2.62. The first kappa shape index (κ1) is 11.2. The van der Waals surface area contributed by atoms with Crippen LogP contribution >= 0.6 is 0 Å². The van der Waals surface area contributed by atoms with Gasteiger partial charge in [0.2, 0.25) is 0 Å². The third-order valence-electron chi connectivity index (χ3n) is 1.45. The highest BCUT2D eigenvalue weighted by Crippen LogP contribution is 2.06. The predicted molar refractivity (Wildman–Crippen MR) is 38.8 cm³/mol. The van der Waals surface area contributed by atoms with Crippen LogP contribution in [0.1, 0.15) is 12.8 Å². The van der Waals surface area contributed by atoms with E-state index in [4.69, 9.17) is 16.6 Å². The molecule has 0 heterocycles. The molecule has 1 unspecified atom stereocenters. The zero-order valence-electron chi connectivity index (χ0n) is 6.41. The number of hydrogen-bond donors (Lipinski definition) is 3. The fourth-order valence-corrected chi connectivity index (χ4v) is 0.621. The summed E-state index contributed by atoms with van der Waals surface area (Å²) in [4.78, 5) is 10.1. The molecule has 12 heavy (non-hydrogen) atoms. The van der Waals surface area contributed by atoms with Crippen molar-refractivity contribution in [3.63, 3.8) is 0 Å². The van der Waals surface area contributed by atoms with E-state index >= 15 is 0 Å². The fraction of sp³-hybridized carbons (Fsp3) is 0.833. The van der Waals surface area contributed by atoms with E-state index in [-0.39, 0.29) is 12.8 Å². The molecule has 4 nitrogen and oxygen atoms in total. The van der Waals surface area contributed by atoms with Crippen LogP contribution in [0.4, 0.5) is 8.78 Å². The van der Waals surface area contributed by atoms with Gasteiger partial charge in [-0.3, -0.25) is 4.79 Å². The molecule has 0 aromatic carbocycles. The van der Waals surface area contributed by atoms with Crippen molar-refractivity contribution in [3.05, 3.63) is 0 Å². The van der Waals surface area contributed by atoms with Crippen LogP contribution in [-0.4, -0.2) is 29.6 Å². The van der Waals surface area contributed by atoms with Gasteiger partial charge in [-0.1, -0.05) is 0 Å². The summed E-state index contributed by atoms with van der Waals surface area (Å²) < 4.78 is 23.5. The second-order valence-electron chi connectivity index (χ2n) is 2.52. The summed E-state index contributed by atoms with van der Waals surface area (Å²) >= 11 is 0. The summed E-state index contributed by atoms with van der Waals surface area (Å²) in [5.74, 6) is -1.20. The number of hydrogen-bond acceptors (Lipinski definition) is 3. The number of halogens is 2. The van der Waals surface area contributed by atoms with Gasteiger partial charge in [-0.2, -0.15) is 0 Å². The van der Waals surface area contributed by atoms with Crippen LogP contribution in [0.25, 0.3) is 0 Å². The lowest BCUT2D eigenvalue weighted by Gasteiger charge is -2.11. The van der Waals surface area contributed by atoms with Crippen molar-refractivity contribution in [1.82, 2.24) is 0 Å². The van der Waals surface area contributed by atoms with Crippen molar-refractivity contribution >= 4 is 5.97 Å². The third kappa shape index (κ3) is 4.20. The molecule has 0 aromatic rings. The van der Waals surface area contributed by atoms with Crippen molar-refractivity contribution < 1.29 is 18.7 Å². The van der Waals surface area contributed by atoms with Crippen molar-refractivity contribution in [3.8, 4) is 0 Å². The highest BCUT2D eigenvalue weighted by atomic mass is 19.3. The molecular weight excluding hydrogens is 170 g/mol. The Kier molecular flexibility index (Phi) is 4.68. The quantitative estimate of drug-likeness (QED) is 0.548. The molecule has 6 heteroatoms. The average molecular weight is 182 g/mol. The molecule has 0 rings (SSSR count). The molecule has 0 amide bonds. The van der Waals surface area contributed by atoms with E-state index < -0.39 is 24.5 Å². The standard InChI is InChI=1S/C6H12F2N2O2/c7-5(8)3(9)1-2-4(10)6(11)12/h3-5H,1-2,9-10H2,(H,11,12)/t3?,4-/m0/s1. The molecule has 0 spiro atoms. The second kappa shape index (κ2) is 5.00. The first-order valence-corrected chi connectivity index (χ1v) is 3.47. The van der Waals surface area contributed by atoms with Crippen LogP contribution < -0.4 is 11.5 Å². The van der Waals surface area contributed by atoms with Gasteiger partial charge in [-0.05, 0) is 12.8 Å². The van der Waals surface area contributed by atoms with Gasteiger partial charge >= 0.3 is 5.97 Å². The van der Waals surface area contributed by atoms with Crippen LogP contribution in [0.2, 0.25) is 0 Å². The van der Waals surface area contributed by atoms with Gasteiger partial charge in [0.25, 0.3) is 6.43 Å². The Morgan fingerprint density at radius 1 is 1.33 bits per heavy atom. The SMILES string of the molecule is NC(CC[C@H](N)C(=O)O)C(F)F. The van der Waals surface area contributed by atoms with Gasteiger partial charge in [-0.25, -0.2) is 8.78 Å². The number of carbonyl (C=O) groups is 1. The molecule has 2 atom stereocenters. The fourth-order valence-electron chi connectivity index (χ4n) is 0.621. The summed E-state index contributed by atoms with van der Waals surface area (Å²) in [6.45, 7) is 0. The maximum absolute atomic E-state index is 11.8. The maximum atomic E-state index is 11.8. The number of carboxylic acid groups (broad SMARTS) is 1. The molecule has 0 aliphatic rings. The molecule has 5 N–H and O–H groups in total. The monoisotopic (exact) mass is 182 g/mol. The normalized spacial score (nSPS) is 16.1. The summed E-state index contributed by atoms with van der Waals surface area (Å²) in [5, 5.41) is 8.28. The van der Waals surface area contributed by atoms with Crippen molar-refractivity contribution in [2.45, 2.75) is 31.4 Å². The maximum Gasteiger partial charge on any atom is 0.320 e. The molecule has 0 bridgehead atoms. The Hall–Kier alpha value is -0.750. The van der Waals surface area contributed by atoms with E-state index in [1.54, 1.807) is 0 Å². The van der Waals surface area contributed by atoms with Gasteiger partial charge < -0.3 is 16.6 Å². The summed E-state index contributed by atoms with van der Waals surface area (Å²) in [6.07, 6.45) is -2.72. The van der Waals surface area contributed by atoms with Crippen LogP contribution in [-0.2, 0) is 4.79 Å². The minimum absolute atomic E-state index is 0.0269. The molecule has 0 saturated carbocycles. The number of nitrogens with two attached hydrogens (primary N) is 2. The molecule has 0 aliphatic carbocycles. The Balaban J connectivity index is 3.61. The smallest absolute Gasteiger partial charge is 0.320 e. The van der Waals surface area contributed by atoms with Crippen molar-refractivity contribution in [2.24, 2.45) is 11.5 Å². The van der Waals surface area contributed by atoms with Crippen LogP contribution in [0, 0.1) is 0 Å². The zero-order chi connectivity index (χ0) is 9.72. The van der Waals surface area contributed by atoms with Gasteiger partial charge in [0.05, 0.1) is 6.04 Å². The molecule has 0 aromatic heterocycles. The lowest BCUT2D eigenvalue weighted by molar-refractivity contribution is -0.138. The Bertz CT molecular complexity index is 154. The minimum Gasteiger partial charge on any atom is -0.480 e. The Morgan fingerprint density at radius 3 is 2.17 bits per heavy atom. The van der Waals surface area contributed by atoms with E-state index in [9.17, 15) is 13.6 Å². The van der Waals surface area contributed by atoms with E-state index in [1.165, 1.54) is 0 Å². The van der Waals surface area contributed by atoms with Gasteiger partial charge in [0.15, 0.2) is 0 Å². The molecule has 0 fully saturated rings. The summed E-state index contributed by atoms with van der Waals surface area (Å²) in [7, 11) is 0. The van der Waals surface area contributed by atoms with E-state index in [1.807, 2.05) is 0 Å². The first-order valence-electron chi connectivity index (χ1n) is 3.47. The highest BCUT2D eigenvalue weighted by molar-refractivity contribution is 5.72. The van der Waals surface area contributed by atoms with Gasteiger partial charge in [0.1, 0.15) is 6.04 Å². The topological polar surface area (TPSA) is 89.3 Å². The number of carboxylic acids is 1. The zero-order valence-corrected chi connectivity index (χ0v) is 6.41. The largest absolute Gasteiger partial charge is 0.480 e. The molecule has 0 radical (unpaired) electrons. The Morgan fingerprint density at radius 2 is 1.83 bits per heavy atom. The van der Waals surface area contributed by atoms with Crippen LogP contribution in [0.3, 0.4) is 0 Å². The number of alkyl halides is 2. The summed E-state index contributed by atoms with van der Waals surface area (Å²) in [5.41, 5.74) is 10.0. The number of aliphatic carboxylic acids is 1. The molecule has 0 saturated heterocycles. The van der Waals surface area contributed by atoms with E-state index in [0.29, 0.717) is 0 Å². The Labute approximate surface area is 68.5 Å². The first-order chi connectivity index (χ1) is 5.45. The third-order valence-corrected chi connectivity index (χ3v) is 1.45. The average Bonchev–Trinajstić information content (AvgIpc) is 1.98. The summed E-state index contributed by atoms with van der Waals surface area (Å²) in [6, 6.07) is -2.38. The molecule has 72 valence electrons. The highest BCUT2D eigenvalue weighted by Gasteiger charge is 2.18. The molecular formula is C6H12F2N2O2. The number of rotatable bonds is 5. The van der Waals surface area contributed by atoms with Gasteiger partial charge in [-0.15, -0.1) is 0 Å². The van der Waals surface area contributed by atoms with E-state index in [2.05, 4.69) is 0 Å². The lowest BCUT2D eigenvalue weighted by atomic mass is 10.1. The predicted octanol–water partition coefficient (Wildman–Crippen LogP) is -0.229. The second-order valence-corrected chi connectivity index (χ2v) is 2.52. The lowest BCUT2D eigenvalue weighted by Crippen LogP contribution is -2.35. The van der Waals surface area contributed by atoms with Crippen LogP contribution in [0.5, 0.6) is 0 Å². The van der Waals surface area contributed by atoms with Crippen molar-refractivity contribution in [1.29, 1.82) is 0 Å². The van der Waals surface area contributed by atoms with E-state index in [0.717, 1.165) is 0 Å². The van der Waals surface area contributed by atoms with Gasteiger partial charge in [0, 0.05) is 0 Å². The van der Waals surface area contributed by atoms with Crippen molar-refractivity contribution in [2.75, 3.05) is 0 Å². The van der Waals surface area contributed by atoms with Crippen LogP contribution in [0.15, 0.2) is 0 Å². The molecule has 0 aliphatic heterocycles.